The van der Waals surface area contributed by atoms with E-state index < -0.39 is 5.97 Å². The van der Waals surface area contributed by atoms with Crippen molar-refractivity contribution in [1.82, 2.24) is 5.32 Å². The molecule has 0 radical (unpaired) electrons. The third-order valence-corrected chi connectivity index (χ3v) is 5.83. The molecule has 19 heavy (non-hydrogen) atoms. The fraction of sp³-hybridized carbons (Fsp3) is 0.643. The number of carbonyl (C=O) groups is 1. The van der Waals surface area contributed by atoms with Crippen molar-refractivity contribution in [1.29, 1.82) is 0 Å². The Morgan fingerprint density at radius 3 is 3.00 bits per heavy atom. The minimum Gasteiger partial charge on any atom is -0.481 e. The van der Waals surface area contributed by atoms with E-state index in [1.54, 1.807) is 11.3 Å². The Morgan fingerprint density at radius 1 is 1.63 bits per heavy atom. The number of thiophene rings is 1. The van der Waals surface area contributed by atoms with E-state index in [4.69, 9.17) is 5.11 Å². The second-order valence-corrected chi connectivity index (χ2v) is 7.83. The van der Waals surface area contributed by atoms with Gasteiger partial charge in [-0.25, -0.2) is 0 Å². The molecule has 0 amide bonds. The van der Waals surface area contributed by atoms with Crippen molar-refractivity contribution in [3.63, 3.8) is 0 Å². The van der Waals surface area contributed by atoms with Gasteiger partial charge in [-0.3, -0.25) is 4.79 Å². The molecule has 2 atom stereocenters. The fourth-order valence-corrected chi connectivity index (χ4v) is 4.77. The number of rotatable bonds is 5. The standard InChI is InChI=1S/C14H21NO2S2/c1-14(2)5-7-18-9-12(14)15-10(8-13(16)17)11-4-3-6-19-11/h3-4,6,10,12,15H,5,7-9H2,1-2H3,(H,16,17). The van der Waals surface area contributed by atoms with Crippen LogP contribution >= 0.6 is 23.1 Å². The molecular weight excluding hydrogens is 278 g/mol. The first-order chi connectivity index (χ1) is 8.99. The van der Waals surface area contributed by atoms with E-state index in [0.29, 0.717) is 6.04 Å². The molecular formula is C14H21NO2S2. The number of thioether (sulfide) groups is 1. The number of nitrogens with one attached hydrogen (secondary N) is 1. The Balaban J connectivity index is 2.09. The molecule has 1 aliphatic heterocycles. The molecule has 0 bridgehead atoms. The second-order valence-electron chi connectivity index (χ2n) is 5.70. The Kier molecular flexibility index (Phi) is 4.92. The van der Waals surface area contributed by atoms with Crippen LogP contribution < -0.4 is 5.32 Å². The van der Waals surface area contributed by atoms with Crippen LogP contribution in [-0.4, -0.2) is 28.6 Å². The zero-order chi connectivity index (χ0) is 13.9. The third kappa shape index (κ3) is 3.97. The van der Waals surface area contributed by atoms with Crippen LogP contribution in [0.2, 0.25) is 0 Å². The summed E-state index contributed by atoms with van der Waals surface area (Å²) in [5.74, 6) is 1.52. The summed E-state index contributed by atoms with van der Waals surface area (Å²) in [6.07, 6.45) is 1.33. The van der Waals surface area contributed by atoms with Gasteiger partial charge >= 0.3 is 5.97 Å². The molecule has 0 saturated carbocycles. The first-order valence-corrected chi connectivity index (χ1v) is 8.61. The summed E-state index contributed by atoms with van der Waals surface area (Å²) in [4.78, 5) is 12.2. The van der Waals surface area contributed by atoms with Crippen molar-refractivity contribution in [3.05, 3.63) is 22.4 Å². The van der Waals surface area contributed by atoms with Gasteiger partial charge in [0.25, 0.3) is 0 Å². The molecule has 2 rings (SSSR count). The summed E-state index contributed by atoms with van der Waals surface area (Å²) in [7, 11) is 0. The van der Waals surface area contributed by atoms with Gasteiger partial charge in [0.1, 0.15) is 0 Å². The van der Waals surface area contributed by atoms with Crippen LogP contribution in [0.5, 0.6) is 0 Å². The normalized spacial score (nSPS) is 24.0. The number of carboxylic acid groups (broad SMARTS) is 1. The van der Waals surface area contributed by atoms with E-state index in [-0.39, 0.29) is 17.9 Å². The zero-order valence-corrected chi connectivity index (χ0v) is 13.0. The lowest BCUT2D eigenvalue weighted by atomic mass is 9.81. The van der Waals surface area contributed by atoms with Gasteiger partial charge in [-0.15, -0.1) is 11.3 Å². The van der Waals surface area contributed by atoms with Crippen LogP contribution in [0.1, 0.15) is 37.6 Å². The highest BCUT2D eigenvalue weighted by molar-refractivity contribution is 7.99. The van der Waals surface area contributed by atoms with E-state index in [2.05, 4.69) is 19.2 Å². The minimum atomic E-state index is -0.743. The molecule has 3 nitrogen and oxygen atoms in total. The third-order valence-electron chi connectivity index (χ3n) is 3.79. The van der Waals surface area contributed by atoms with Crippen LogP contribution in [-0.2, 0) is 4.79 Å². The maximum absolute atomic E-state index is 11.1. The molecule has 1 aliphatic rings. The maximum Gasteiger partial charge on any atom is 0.305 e. The topological polar surface area (TPSA) is 49.3 Å². The summed E-state index contributed by atoms with van der Waals surface area (Å²) in [5.41, 5.74) is 0.235. The number of hydrogen-bond acceptors (Lipinski definition) is 4. The molecule has 1 fully saturated rings. The predicted molar refractivity (Wildman–Crippen MR) is 82.0 cm³/mol. The van der Waals surface area contributed by atoms with Crippen molar-refractivity contribution < 1.29 is 9.90 Å². The average molecular weight is 299 g/mol. The highest BCUT2D eigenvalue weighted by Gasteiger charge is 2.34. The maximum atomic E-state index is 11.1. The Labute approximate surface area is 122 Å². The molecule has 2 heterocycles. The molecule has 106 valence electrons. The van der Waals surface area contributed by atoms with Gasteiger partial charge in [-0.2, -0.15) is 11.8 Å². The summed E-state index contributed by atoms with van der Waals surface area (Å²) < 4.78 is 0. The van der Waals surface area contributed by atoms with Gasteiger partial charge in [0.05, 0.1) is 12.5 Å². The summed E-state index contributed by atoms with van der Waals surface area (Å²) in [5, 5.41) is 14.7. The van der Waals surface area contributed by atoms with Gasteiger partial charge < -0.3 is 10.4 Å². The Bertz CT molecular complexity index is 417. The van der Waals surface area contributed by atoms with Crippen LogP contribution in [0.15, 0.2) is 17.5 Å². The number of hydrogen-bond donors (Lipinski definition) is 2. The highest BCUT2D eigenvalue weighted by Crippen LogP contribution is 2.36. The summed E-state index contributed by atoms with van der Waals surface area (Å²) >= 11 is 3.59. The van der Waals surface area contributed by atoms with Crippen LogP contribution in [0, 0.1) is 5.41 Å². The fourth-order valence-electron chi connectivity index (χ4n) is 2.36. The largest absolute Gasteiger partial charge is 0.481 e. The first kappa shape index (κ1) is 14.9. The molecule has 2 N–H and O–H groups in total. The first-order valence-electron chi connectivity index (χ1n) is 6.58. The van der Waals surface area contributed by atoms with Crippen LogP contribution in [0.4, 0.5) is 0 Å². The lowest BCUT2D eigenvalue weighted by Crippen LogP contribution is -2.48. The molecule has 1 saturated heterocycles. The summed E-state index contributed by atoms with van der Waals surface area (Å²) in [6.45, 7) is 4.55. The van der Waals surface area contributed by atoms with E-state index in [1.165, 1.54) is 12.2 Å². The van der Waals surface area contributed by atoms with Crippen LogP contribution in [0.3, 0.4) is 0 Å². The van der Waals surface area contributed by atoms with E-state index >= 15 is 0 Å². The van der Waals surface area contributed by atoms with Crippen molar-refractivity contribution in [2.75, 3.05) is 11.5 Å². The molecule has 0 aromatic carbocycles. The molecule has 2 unspecified atom stereocenters. The van der Waals surface area contributed by atoms with Crippen molar-refractivity contribution in [3.8, 4) is 0 Å². The Hall–Kier alpha value is -0.520. The molecule has 5 heteroatoms. The predicted octanol–water partition coefficient (Wildman–Crippen LogP) is 3.39. The van der Waals surface area contributed by atoms with Gasteiger partial charge in [0.15, 0.2) is 0 Å². The highest BCUT2D eigenvalue weighted by atomic mass is 32.2. The molecule has 1 aromatic heterocycles. The Morgan fingerprint density at radius 2 is 2.42 bits per heavy atom. The quantitative estimate of drug-likeness (QED) is 0.875. The molecule has 1 aromatic rings. The van der Waals surface area contributed by atoms with Gasteiger partial charge in [0, 0.05) is 16.7 Å². The SMILES string of the molecule is CC1(C)CCSCC1NC(CC(=O)O)c1cccs1. The lowest BCUT2D eigenvalue weighted by Gasteiger charge is -2.40. The van der Waals surface area contributed by atoms with Gasteiger partial charge in [-0.05, 0) is 29.0 Å². The molecule has 0 spiro atoms. The van der Waals surface area contributed by atoms with Crippen molar-refractivity contribution in [2.24, 2.45) is 5.41 Å². The van der Waals surface area contributed by atoms with E-state index in [1.807, 2.05) is 29.3 Å². The summed E-state index contributed by atoms with van der Waals surface area (Å²) in [6, 6.07) is 4.31. The second kappa shape index (κ2) is 6.29. The van der Waals surface area contributed by atoms with E-state index in [9.17, 15) is 4.79 Å². The monoisotopic (exact) mass is 299 g/mol. The number of carboxylic acids is 1. The van der Waals surface area contributed by atoms with Gasteiger partial charge in [0.2, 0.25) is 0 Å². The minimum absolute atomic E-state index is 0.0690. The van der Waals surface area contributed by atoms with Crippen molar-refractivity contribution >= 4 is 29.1 Å². The van der Waals surface area contributed by atoms with Gasteiger partial charge in [-0.1, -0.05) is 19.9 Å². The molecule has 0 aliphatic carbocycles. The number of aliphatic carboxylic acids is 1. The lowest BCUT2D eigenvalue weighted by molar-refractivity contribution is -0.137. The van der Waals surface area contributed by atoms with Crippen LogP contribution in [0.25, 0.3) is 0 Å². The van der Waals surface area contributed by atoms with E-state index in [0.717, 1.165) is 10.6 Å². The van der Waals surface area contributed by atoms with Crippen molar-refractivity contribution in [2.45, 2.75) is 38.8 Å². The zero-order valence-electron chi connectivity index (χ0n) is 11.4. The average Bonchev–Trinajstić information content (AvgIpc) is 2.83. The smallest absolute Gasteiger partial charge is 0.305 e.